The number of aromatic nitrogens is 1. The number of benzene rings is 1. The highest BCUT2D eigenvalue weighted by Gasteiger charge is 2.41. The second kappa shape index (κ2) is 8.23. The van der Waals surface area contributed by atoms with Crippen LogP contribution < -0.4 is 5.32 Å². The summed E-state index contributed by atoms with van der Waals surface area (Å²) in [6.45, 7) is 13.8. The van der Waals surface area contributed by atoms with Crippen LogP contribution in [-0.2, 0) is 6.42 Å². The normalized spacial score (nSPS) is 23.6. The molecular weight excluding hydrogens is 360 g/mol. The third kappa shape index (κ3) is 3.46. The molecule has 1 aromatic heterocycles. The van der Waals surface area contributed by atoms with Gasteiger partial charge in [-0.1, -0.05) is 25.6 Å². The number of aromatic amines is 1. The van der Waals surface area contributed by atoms with Crippen molar-refractivity contribution < 1.29 is 4.79 Å². The number of likely N-dealkylation sites (tertiary alicyclic amines) is 1. The summed E-state index contributed by atoms with van der Waals surface area (Å²) in [5.41, 5.74) is 5.22. The van der Waals surface area contributed by atoms with Crippen molar-refractivity contribution in [3.05, 3.63) is 41.6 Å². The summed E-state index contributed by atoms with van der Waals surface area (Å²) < 4.78 is 0. The first-order chi connectivity index (χ1) is 14.1. The minimum Gasteiger partial charge on any atom is -0.355 e. The molecule has 2 aromatic rings. The number of nitrogens with one attached hydrogen (secondary N) is 2. The first kappa shape index (κ1) is 20.0. The number of amides is 2. The van der Waals surface area contributed by atoms with Crippen LogP contribution >= 0.6 is 0 Å². The van der Waals surface area contributed by atoms with E-state index in [0.717, 1.165) is 45.4 Å². The van der Waals surface area contributed by atoms with E-state index in [9.17, 15) is 4.79 Å². The van der Waals surface area contributed by atoms with E-state index in [-0.39, 0.29) is 12.1 Å². The number of H-pyrrole nitrogens is 1. The van der Waals surface area contributed by atoms with Crippen molar-refractivity contribution in [3.8, 4) is 0 Å². The molecule has 2 amide bonds. The maximum Gasteiger partial charge on any atom is 0.317 e. The van der Waals surface area contributed by atoms with E-state index in [2.05, 4.69) is 46.9 Å². The van der Waals surface area contributed by atoms with Gasteiger partial charge in [0.1, 0.15) is 0 Å². The van der Waals surface area contributed by atoms with Crippen LogP contribution in [0.25, 0.3) is 17.0 Å². The summed E-state index contributed by atoms with van der Waals surface area (Å²) in [4.78, 5) is 20.8. The van der Waals surface area contributed by atoms with E-state index >= 15 is 0 Å². The third-order valence-electron chi connectivity index (χ3n) is 6.83. The number of carbonyl (C=O) groups is 1. The van der Waals surface area contributed by atoms with Gasteiger partial charge in [-0.15, -0.1) is 0 Å². The number of hydrogen-bond donors (Lipinski definition) is 2. The van der Waals surface area contributed by atoms with Crippen molar-refractivity contribution in [2.45, 2.75) is 58.0 Å². The van der Waals surface area contributed by atoms with Gasteiger partial charge in [0.05, 0.1) is 0 Å². The number of hydrogen-bond acceptors (Lipinski definition) is 2. The van der Waals surface area contributed by atoms with E-state index in [0.29, 0.717) is 12.0 Å². The summed E-state index contributed by atoms with van der Waals surface area (Å²) in [7, 11) is 0. The summed E-state index contributed by atoms with van der Waals surface area (Å²) in [5, 5.41) is 4.72. The standard InChI is InChI=1S/C24H34N4O/c1-5-12-28-15-16(25-24(29)27(7-3)8-4)13-18-17-10-9-11-21-23(17)19(14-22(18)28)20(6-2)26-21/h6,9-11,16,18,22,26H,2,5,7-8,12-15H2,1,3-4H3,(H,25,29)/t16-,18+,22+/m0/s1. The highest BCUT2D eigenvalue weighted by Crippen LogP contribution is 2.44. The number of rotatable bonds is 6. The Morgan fingerprint density at radius 1 is 1.34 bits per heavy atom. The zero-order valence-electron chi connectivity index (χ0n) is 18.0. The first-order valence-electron chi connectivity index (χ1n) is 11.2. The molecule has 2 heterocycles. The van der Waals surface area contributed by atoms with Crippen molar-refractivity contribution in [1.29, 1.82) is 0 Å². The van der Waals surface area contributed by atoms with E-state index in [4.69, 9.17) is 0 Å². The first-order valence-corrected chi connectivity index (χ1v) is 11.2. The fraction of sp³-hybridized carbons (Fsp3) is 0.542. The maximum atomic E-state index is 12.7. The summed E-state index contributed by atoms with van der Waals surface area (Å²) in [5.74, 6) is 0.446. The Bertz CT molecular complexity index is 898. The Labute approximate surface area is 174 Å². The molecule has 0 unspecified atom stereocenters. The molecule has 3 atom stereocenters. The van der Waals surface area contributed by atoms with Crippen LogP contribution in [0.2, 0.25) is 0 Å². The molecule has 4 rings (SSSR count). The van der Waals surface area contributed by atoms with E-state index in [1.807, 2.05) is 24.8 Å². The lowest BCUT2D eigenvalue weighted by Gasteiger charge is -2.47. The van der Waals surface area contributed by atoms with Crippen LogP contribution in [0.4, 0.5) is 4.79 Å². The maximum absolute atomic E-state index is 12.7. The molecule has 29 heavy (non-hydrogen) atoms. The van der Waals surface area contributed by atoms with Crippen molar-refractivity contribution in [1.82, 2.24) is 20.1 Å². The van der Waals surface area contributed by atoms with Crippen LogP contribution in [0.1, 0.15) is 56.4 Å². The van der Waals surface area contributed by atoms with Crippen molar-refractivity contribution in [2.75, 3.05) is 26.2 Å². The van der Waals surface area contributed by atoms with Crippen molar-refractivity contribution in [2.24, 2.45) is 0 Å². The molecule has 1 aromatic carbocycles. The van der Waals surface area contributed by atoms with E-state index in [1.165, 1.54) is 27.7 Å². The number of fused-ring (bicyclic) bond motifs is 2. The molecule has 1 saturated heterocycles. The topological polar surface area (TPSA) is 51.4 Å². The molecule has 5 nitrogen and oxygen atoms in total. The summed E-state index contributed by atoms with van der Waals surface area (Å²) in [6.07, 6.45) is 5.14. The van der Waals surface area contributed by atoms with Gasteiger partial charge in [0, 0.05) is 54.2 Å². The Kier molecular flexibility index (Phi) is 5.68. The van der Waals surface area contributed by atoms with Crippen LogP contribution in [0.5, 0.6) is 0 Å². The van der Waals surface area contributed by atoms with Crippen molar-refractivity contribution >= 4 is 23.0 Å². The highest BCUT2D eigenvalue weighted by atomic mass is 16.2. The van der Waals surface area contributed by atoms with Gasteiger partial charge in [0.2, 0.25) is 0 Å². The van der Waals surface area contributed by atoms with E-state index < -0.39 is 0 Å². The molecule has 0 radical (unpaired) electrons. The van der Waals surface area contributed by atoms with Gasteiger partial charge in [-0.05, 0) is 62.9 Å². The molecule has 156 valence electrons. The number of nitrogens with zero attached hydrogens (tertiary/aromatic N) is 2. The van der Waals surface area contributed by atoms with Gasteiger partial charge in [0.15, 0.2) is 0 Å². The second-order valence-electron chi connectivity index (χ2n) is 8.42. The van der Waals surface area contributed by atoms with Gasteiger partial charge >= 0.3 is 6.03 Å². The largest absolute Gasteiger partial charge is 0.355 e. The smallest absolute Gasteiger partial charge is 0.317 e. The van der Waals surface area contributed by atoms with Crippen LogP contribution in [0.15, 0.2) is 24.8 Å². The number of piperidine rings is 1. The SMILES string of the molecule is C=Cc1[nH]c2cccc3c2c1C[C@@H]1[C@@H]3C[C@H](NC(=O)N(CC)CC)CN1CCC. The molecule has 1 fully saturated rings. The lowest BCUT2D eigenvalue weighted by atomic mass is 9.73. The molecule has 2 aliphatic rings. The monoisotopic (exact) mass is 394 g/mol. The molecular formula is C24H34N4O. The summed E-state index contributed by atoms with van der Waals surface area (Å²) in [6, 6.07) is 7.37. The summed E-state index contributed by atoms with van der Waals surface area (Å²) >= 11 is 0. The van der Waals surface area contributed by atoms with Gasteiger partial charge < -0.3 is 15.2 Å². The molecule has 1 aliphatic heterocycles. The molecule has 0 spiro atoms. The van der Waals surface area contributed by atoms with Gasteiger partial charge in [-0.25, -0.2) is 4.79 Å². The minimum atomic E-state index is 0.0696. The zero-order chi connectivity index (χ0) is 20.5. The fourth-order valence-electron chi connectivity index (χ4n) is 5.51. The minimum absolute atomic E-state index is 0.0696. The predicted octanol–water partition coefficient (Wildman–Crippen LogP) is 4.35. The zero-order valence-corrected chi connectivity index (χ0v) is 18.0. The highest BCUT2D eigenvalue weighted by molar-refractivity contribution is 5.91. The Balaban J connectivity index is 1.68. The fourth-order valence-corrected chi connectivity index (χ4v) is 5.51. The lowest BCUT2D eigenvalue weighted by Crippen LogP contribution is -2.57. The van der Waals surface area contributed by atoms with Gasteiger partial charge in [-0.3, -0.25) is 4.90 Å². The predicted molar refractivity (Wildman–Crippen MR) is 120 cm³/mol. The molecule has 1 aliphatic carbocycles. The lowest BCUT2D eigenvalue weighted by molar-refractivity contribution is 0.0979. The van der Waals surface area contributed by atoms with Gasteiger partial charge in [-0.2, -0.15) is 0 Å². The Morgan fingerprint density at radius 3 is 2.83 bits per heavy atom. The quantitative estimate of drug-likeness (QED) is 0.765. The van der Waals surface area contributed by atoms with E-state index in [1.54, 1.807) is 0 Å². The van der Waals surface area contributed by atoms with Gasteiger partial charge in [0.25, 0.3) is 0 Å². The van der Waals surface area contributed by atoms with Crippen LogP contribution in [-0.4, -0.2) is 59.1 Å². The molecule has 5 heteroatoms. The molecule has 2 N–H and O–H groups in total. The average molecular weight is 395 g/mol. The third-order valence-corrected chi connectivity index (χ3v) is 6.83. The molecule has 0 saturated carbocycles. The Hall–Kier alpha value is -2.27. The number of urea groups is 1. The Morgan fingerprint density at radius 2 is 2.14 bits per heavy atom. The van der Waals surface area contributed by atoms with Crippen molar-refractivity contribution in [3.63, 3.8) is 0 Å². The van der Waals surface area contributed by atoms with Crippen LogP contribution in [0.3, 0.4) is 0 Å². The average Bonchev–Trinajstić information content (AvgIpc) is 3.09. The van der Waals surface area contributed by atoms with Crippen LogP contribution in [0, 0.1) is 0 Å². The second-order valence-corrected chi connectivity index (χ2v) is 8.42. The molecule has 0 bridgehead atoms. The number of carbonyl (C=O) groups excluding carboxylic acids is 1.